The highest BCUT2D eigenvalue weighted by Crippen LogP contribution is 2.31. The van der Waals surface area contributed by atoms with Gasteiger partial charge < -0.3 is 14.6 Å². The third-order valence-corrected chi connectivity index (χ3v) is 4.71. The summed E-state index contributed by atoms with van der Waals surface area (Å²) in [5.41, 5.74) is 2.50. The second-order valence-electron chi connectivity index (χ2n) is 8.33. The van der Waals surface area contributed by atoms with Gasteiger partial charge in [0.1, 0.15) is 11.4 Å². The molecule has 3 rings (SSSR count). The van der Waals surface area contributed by atoms with E-state index in [1.54, 1.807) is 0 Å². The maximum Gasteiger partial charge on any atom is 0.268 e. The summed E-state index contributed by atoms with van der Waals surface area (Å²) in [6, 6.07) is 18.2. The SMILES string of the molecule is CC[C@@H](C)Oc1cccc2c1cc(C(=O)NC(C)(C)C)n2Cc1ccccc1. The van der Waals surface area contributed by atoms with Gasteiger partial charge in [0.05, 0.1) is 11.6 Å². The molecule has 4 heteroatoms. The lowest BCUT2D eigenvalue weighted by molar-refractivity contribution is 0.0911. The number of fused-ring (bicyclic) bond motifs is 1. The molecule has 2 aromatic carbocycles. The highest BCUT2D eigenvalue weighted by atomic mass is 16.5. The number of benzene rings is 2. The molecule has 1 aromatic heterocycles. The lowest BCUT2D eigenvalue weighted by atomic mass is 10.1. The number of hydrogen-bond acceptors (Lipinski definition) is 2. The molecule has 0 fully saturated rings. The zero-order valence-electron chi connectivity index (χ0n) is 17.5. The van der Waals surface area contributed by atoms with Gasteiger partial charge >= 0.3 is 0 Å². The van der Waals surface area contributed by atoms with Crippen LogP contribution in [0.15, 0.2) is 54.6 Å². The molecule has 0 aliphatic heterocycles. The number of nitrogens with zero attached hydrogens (tertiary/aromatic N) is 1. The largest absolute Gasteiger partial charge is 0.490 e. The van der Waals surface area contributed by atoms with Crippen LogP contribution < -0.4 is 10.1 Å². The fraction of sp³-hybridized carbons (Fsp3) is 0.375. The number of rotatable bonds is 6. The van der Waals surface area contributed by atoms with Gasteiger partial charge in [0.15, 0.2) is 0 Å². The van der Waals surface area contributed by atoms with Crippen LogP contribution in [0.2, 0.25) is 0 Å². The molecule has 1 heterocycles. The first-order chi connectivity index (χ1) is 13.3. The van der Waals surface area contributed by atoms with E-state index in [0.29, 0.717) is 12.2 Å². The van der Waals surface area contributed by atoms with Gasteiger partial charge in [0, 0.05) is 17.5 Å². The van der Waals surface area contributed by atoms with Crippen molar-refractivity contribution < 1.29 is 9.53 Å². The summed E-state index contributed by atoms with van der Waals surface area (Å²) in [5, 5.41) is 4.06. The predicted molar refractivity (Wildman–Crippen MR) is 115 cm³/mol. The Balaban J connectivity index is 2.11. The van der Waals surface area contributed by atoms with Gasteiger partial charge in [0.25, 0.3) is 5.91 Å². The Morgan fingerprint density at radius 1 is 1.11 bits per heavy atom. The Labute approximate surface area is 167 Å². The van der Waals surface area contributed by atoms with Crippen molar-refractivity contribution >= 4 is 16.8 Å². The van der Waals surface area contributed by atoms with E-state index < -0.39 is 0 Å². The third kappa shape index (κ3) is 4.56. The summed E-state index contributed by atoms with van der Waals surface area (Å²) in [4.78, 5) is 13.1. The van der Waals surface area contributed by atoms with E-state index in [-0.39, 0.29) is 17.6 Å². The van der Waals surface area contributed by atoms with Crippen molar-refractivity contribution in [1.29, 1.82) is 0 Å². The third-order valence-electron chi connectivity index (χ3n) is 4.71. The maximum absolute atomic E-state index is 13.1. The normalized spacial score (nSPS) is 12.8. The quantitative estimate of drug-likeness (QED) is 0.624. The van der Waals surface area contributed by atoms with Crippen molar-refractivity contribution in [1.82, 2.24) is 9.88 Å². The van der Waals surface area contributed by atoms with Crippen molar-refractivity contribution in [3.63, 3.8) is 0 Å². The van der Waals surface area contributed by atoms with Crippen LogP contribution in [0.4, 0.5) is 0 Å². The first kappa shape index (κ1) is 20.0. The Hall–Kier alpha value is -2.75. The fourth-order valence-corrected chi connectivity index (χ4v) is 3.19. The molecule has 4 nitrogen and oxygen atoms in total. The molecule has 3 aromatic rings. The van der Waals surface area contributed by atoms with Crippen LogP contribution in [0.5, 0.6) is 5.75 Å². The van der Waals surface area contributed by atoms with Crippen LogP contribution in [0, 0.1) is 0 Å². The van der Waals surface area contributed by atoms with Crippen LogP contribution in [-0.2, 0) is 6.54 Å². The van der Waals surface area contributed by atoms with Gasteiger partial charge in [-0.05, 0) is 57.9 Å². The first-order valence-electron chi connectivity index (χ1n) is 9.94. The van der Waals surface area contributed by atoms with Gasteiger partial charge in [-0.1, -0.05) is 43.3 Å². The minimum atomic E-state index is -0.304. The minimum Gasteiger partial charge on any atom is -0.490 e. The Bertz CT molecular complexity index is 952. The average molecular weight is 379 g/mol. The topological polar surface area (TPSA) is 43.3 Å². The van der Waals surface area contributed by atoms with E-state index >= 15 is 0 Å². The van der Waals surface area contributed by atoms with Crippen LogP contribution in [-0.4, -0.2) is 22.1 Å². The second-order valence-corrected chi connectivity index (χ2v) is 8.33. The van der Waals surface area contributed by atoms with Gasteiger partial charge in [-0.3, -0.25) is 4.79 Å². The monoisotopic (exact) mass is 378 g/mol. The van der Waals surface area contributed by atoms with Crippen LogP contribution in [0.25, 0.3) is 10.9 Å². The number of carbonyl (C=O) groups excluding carboxylic acids is 1. The van der Waals surface area contributed by atoms with Crippen molar-refractivity contribution in [3.8, 4) is 5.75 Å². The molecule has 0 aliphatic carbocycles. The lowest BCUT2D eigenvalue weighted by Gasteiger charge is -2.21. The van der Waals surface area contributed by atoms with E-state index in [2.05, 4.69) is 41.9 Å². The molecule has 0 saturated heterocycles. The fourth-order valence-electron chi connectivity index (χ4n) is 3.19. The maximum atomic E-state index is 13.1. The second kappa shape index (κ2) is 8.09. The number of aromatic nitrogens is 1. The smallest absolute Gasteiger partial charge is 0.268 e. The number of nitrogens with one attached hydrogen (secondary N) is 1. The molecule has 28 heavy (non-hydrogen) atoms. The summed E-state index contributed by atoms with van der Waals surface area (Å²) >= 11 is 0. The van der Waals surface area contributed by atoms with Crippen LogP contribution >= 0.6 is 0 Å². The van der Waals surface area contributed by atoms with Gasteiger partial charge in [-0.25, -0.2) is 0 Å². The van der Waals surface area contributed by atoms with Crippen molar-refractivity contribution in [2.45, 2.75) is 59.2 Å². The standard InChI is InChI=1S/C24H30N2O2/c1-6-17(2)28-22-14-10-13-20-19(22)15-21(23(27)25-24(3,4)5)26(20)16-18-11-8-7-9-12-18/h7-15,17H,6,16H2,1-5H3,(H,25,27)/t17-/m1/s1. The predicted octanol–water partition coefficient (Wildman–Crippen LogP) is 5.40. The molecule has 0 saturated carbocycles. The molecule has 0 aliphatic rings. The van der Waals surface area contributed by atoms with Crippen LogP contribution in [0.3, 0.4) is 0 Å². The molecule has 0 spiro atoms. The van der Waals surface area contributed by atoms with E-state index in [4.69, 9.17) is 4.74 Å². The van der Waals surface area contributed by atoms with E-state index in [9.17, 15) is 4.79 Å². The van der Waals surface area contributed by atoms with Crippen LogP contribution in [0.1, 0.15) is 57.1 Å². The lowest BCUT2D eigenvalue weighted by Crippen LogP contribution is -2.41. The summed E-state index contributed by atoms with van der Waals surface area (Å²) in [7, 11) is 0. The zero-order chi connectivity index (χ0) is 20.3. The molecule has 148 valence electrons. The van der Waals surface area contributed by atoms with Gasteiger partial charge in [0.2, 0.25) is 0 Å². The number of hydrogen-bond donors (Lipinski definition) is 1. The highest BCUT2D eigenvalue weighted by molar-refractivity contribution is 6.00. The Morgan fingerprint density at radius 2 is 1.82 bits per heavy atom. The van der Waals surface area contributed by atoms with Crippen molar-refractivity contribution in [2.75, 3.05) is 0 Å². The summed E-state index contributed by atoms with van der Waals surface area (Å²) in [5.74, 6) is 0.748. The summed E-state index contributed by atoms with van der Waals surface area (Å²) < 4.78 is 8.21. The molecule has 0 radical (unpaired) electrons. The number of ether oxygens (including phenoxy) is 1. The number of carbonyl (C=O) groups is 1. The molecular weight excluding hydrogens is 348 g/mol. The van der Waals surface area contributed by atoms with E-state index in [0.717, 1.165) is 28.6 Å². The summed E-state index contributed by atoms with van der Waals surface area (Å²) in [6.07, 6.45) is 1.05. The molecular formula is C24H30N2O2. The Morgan fingerprint density at radius 3 is 2.46 bits per heavy atom. The van der Waals surface area contributed by atoms with E-state index in [1.165, 1.54) is 0 Å². The molecule has 1 amide bonds. The highest BCUT2D eigenvalue weighted by Gasteiger charge is 2.22. The van der Waals surface area contributed by atoms with Gasteiger partial charge in [-0.15, -0.1) is 0 Å². The molecule has 0 bridgehead atoms. The average Bonchev–Trinajstić information content (AvgIpc) is 3.01. The van der Waals surface area contributed by atoms with Crippen molar-refractivity contribution in [2.24, 2.45) is 0 Å². The van der Waals surface area contributed by atoms with Crippen molar-refractivity contribution in [3.05, 3.63) is 65.9 Å². The Kier molecular flexibility index (Phi) is 5.78. The molecule has 1 atom stereocenters. The number of amides is 1. The molecule has 0 unspecified atom stereocenters. The minimum absolute atomic E-state index is 0.0749. The zero-order valence-corrected chi connectivity index (χ0v) is 17.5. The first-order valence-corrected chi connectivity index (χ1v) is 9.94. The summed E-state index contributed by atoms with van der Waals surface area (Å²) in [6.45, 7) is 10.8. The molecule has 1 N–H and O–H groups in total. The van der Waals surface area contributed by atoms with Gasteiger partial charge in [-0.2, -0.15) is 0 Å². The van der Waals surface area contributed by atoms with E-state index in [1.807, 2.05) is 57.2 Å².